The lowest BCUT2D eigenvalue weighted by Gasteiger charge is -2.03. The molecular formula is C19H30O7. The Morgan fingerprint density at radius 2 is 1.19 bits per heavy atom. The van der Waals surface area contributed by atoms with Crippen molar-refractivity contribution in [1.29, 1.82) is 0 Å². The summed E-state index contributed by atoms with van der Waals surface area (Å²) in [5.74, 6) is -2.21. The smallest absolute Gasteiger partial charge is 0.331 e. The first-order valence-corrected chi connectivity index (χ1v) is 8.56. The van der Waals surface area contributed by atoms with Gasteiger partial charge in [0, 0.05) is 5.57 Å². The van der Waals surface area contributed by atoms with Crippen LogP contribution in [0, 0.1) is 0 Å². The third-order valence-electron chi connectivity index (χ3n) is 3.04. The molecule has 0 spiro atoms. The molecule has 0 saturated heterocycles. The number of carbonyl (C=O) groups is 4. The molecule has 0 aromatic heterocycles. The minimum atomic E-state index is -1.16. The van der Waals surface area contributed by atoms with Crippen molar-refractivity contribution >= 4 is 23.7 Å². The second kappa shape index (κ2) is 16.1. The van der Waals surface area contributed by atoms with Crippen molar-refractivity contribution in [2.75, 3.05) is 13.2 Å². The van der Waals surface area contributed by atoms with Gasteiger partial charge in [-0.15, -0.1) is 0 Å². The summed E-state index contributed by atoms with van der Waals surface area (Å²) in [5, 5.41) is 8.40. The van der Waals surface area contributed by atoms with Crippen LogP contribution in [0.1, 0.15) is 59.3 Å². The minimum Gasteiger partial charge on any atom is -0.478 e. The summed E-state index contributed by atoms with van der Waals surface area (Å²) in [6.45, 7) is 12.9. The fourth-order valence-electron chi connectivity index (χ4n) is 1.31. The number of carboxylic acid groups (broad SMARTS) is 1. The van der Waals surface area contributed by atoms with Gasteiger partial charge >= 0.3 is 17.9 Å². The number of unbranched alkanes of at least 4 members (excludes halogenated alkanes) is 2. The van der Waals surface area contributed by atoms with Crippen LogP contribution in [-0.4, -0.2) is 42.0 Å². The van der Waals surface area contributed by atoms with E-state index >= 15 is 0 Å². The van der Waals surface area contributed by atoms with E-state index < -0.39 is 11.9 Å². The molecule has 7 heteroatoms. The Morgan fingerprint density at radius 1 is 0.808 bits per heavy atom. The SMILES string of the molecule is C=C(CC(=O)OCCCC)C(=O)O.C=C(CC(=O)OCCCC)C(C)=O. The molecule has 148 valence electrons. The second-order valence-electron chi connectivity index (χ2n) is 5.57. The first-order chi connectivity index (χ1) is 12.1. The molecule has 0 saturated carbocycles. The van der Waals surface area contributed by atoms with Crippen molar-refractivity contribution in [2.45, 2.75) is 59.3 Å². The molecule has 1 N–H and O–H groups in total. The first kappa shape index (κ1) is 25.8. The predicted molar refractivity (Wildman–Crippen MR) is 97.6 cm³/mol. The van der Waals surface area contributed by atoms with Gasteiger partial charge < -0.3 is 14.6 Å². The molecule has 0 aliphatic heterocycles. The van der Waals surface area contributed by atoms with E-state index in [-0.39, 0.29) is 30.2 Å². The summed E-state index contributed by atoms with van der Waals surface area (Å²) in [5.41, 5.74) is 0.169. The van der Waals surface area contributed by atoms with Crippen molar-refractivity contribution in [3.05, 3.63) is 24.3 Å². The van der Waals surface area contributed by atoms with E-state index in [1.54, 1.807) is 0 Å². The fraction of sp³-hybridized carbons (Fsp3) is 0.579. The highest BCUT2D eigenvalue weighted by molar-refractivity contribution is 5.96. The molecule has 0 aromatic rings. The number of ketones is 1. The molecule has 0 aliphatic carbocycles. The van der Waals surface area contributed by atoms with E-state index in [0.717, 1.165) is 25.7 Å². The maximum Gasteiger partial charge on any atom is 0.331 e. The molecule has 0 aromatic carbocycles. The Labute approximate surface area is 155 Å². The third kappa shape index (κ3) is 16.4. The van der Waals surface area contributed by atoms with Gasteiger partial charge in [-0.05, 0) is 25.3 Å². The van der Waals surface area contributed by atoms with Gasteiger partial charge in [-0.2, -0.15) is 0 Å². The average molecular weight is 370 g/mol. The third-order valence-corrected chi connectivity index (χ3v) is 3.04. The topological polar surface area (TPSA) is 107 Å². The number of carboxylic acids is 1. The van der Waals surface area contributed by atoms with E-state index in [9.17, 15) is 19.2 Å². The zero-order chi connectivity index (χ0) is 20.5. The number of carbonyl (C=O) groups excluding carboxylic acids is 3. The Morgan fingerprint density at radius 3 is 1.50 bits per heavy atom. The van der Waals surface area contributed by atoms with Crippen LogP contribution in [0.2, 0.25) is 0 Å². The number of hydrogen-bond acceptors (Lipinski definition) is 6. The molecule has 0 amide bonds. The lowest BCUT2D eigenvalue weighted by Crippen LogP contribution is -2.10. The highest BCUT2D eigenvalue weighted by Gasteiger charge is 2.10. The van der Waals surface area contributed by atoms with Gasteiger partial charge in [0.25, 0.3) is 0 Å². The van der Waals surface area contributed by atoms with Crippen LogP contribution in [0.3, 0.4) is 0 Å². The van der Waals surface area contributed by atoms with E-state index in [1.807, 2.05) is 13.8 Å². The fourth-order valence-corrected chi connectivity index (χ4v) is 1.31. The largest absolute Gasteiger partial charge is 0.478 e. The molecule has 0 rings (SSSR count). The van der Waals surface area contributed by atoms with Crippen molar-refractivity contribution in [1.82, 2.24) is 0 Å². The summed E-state index contributed by atoms with van der Waals surface area (Å²) in [7, 11) is 0. The highest BCUT2D eigenvalue weighted by Crippen LogP contribution is 2.02. The van der Waals surface area contributed by atoms with E-state index in [0.29, 0.717) is 18.8 Å². The summed E-state index contributed by atoms with van der Waals surface area (Å²) in [4.78, 5) is 42.8. The maximum absolute atomic E-state index is 11.0. The molecule has 0 aliphatic rings. The summed E-state index contributed by atoms with van der Waals surface area (Å²) >= 11 is 0. The number of aliphatic carboxylic acids is 1. The van der Waals surface area contributed by atoms with E-state index in [2.05, 4.69) is 13.2 Å². The zero-order valence-corrected chi connectivity index (χ0v) is 16.0. The van der Waals surface area contributed by atoms with Crippen molar-refractivity contribution < 1.29 is 33.8 Å². The lowest BCUT2D eigenvalue weighted by atomic mass is 10.1. The Bertz CT molecular complexity index is 460. The molecular weight excluding hydrogens is 340 g/mol. The Hall–Kier alpha value is -2.44. The number of esters is 2. The van der Waals surface area contributed by atoms with Crippen molar-refractivity contribution in [3.63, 3.8) is 0 Å². The van der Waals surface area contributed by atoms with Gasteiger partial charge in [-0.25, -0.2) is 4.79 Å². The van der Waals surface area contributed by atoms with Crippen LogP contribution in [0.15, 0.2) is 24.3 Å². The molecule has 0 atom stereocenters. The summed E-state index contributed by atoms with van der Waals surface area (Å²) in [6, 6.07) is 0. The zero-order valence-electron chi connectivity index (χ0n) is 16.0. The van der Waals surface area contributed by atoms with Gasteiger partial charge in [-0.3, -0.25) is 14.4 Å². The van der Waals surface area contributed by atoms with Gasteiger partial charge in [0.15, 0.2) is 5.78 Å². The number of Topliss-reactive ketones (excluding diaryl/α,β-unsaturated/α-hetero) is 1. The molecule has 0 bridgehead atoms. The normalized spacial score (nSPS) is 9.35. The van der Waals surface area contributed by atoms with Crippen LogP contribution in [0.25, 0.3) is 0 Å². The highest BCUT2D eigenvalue weighted by atomic mass is 16.5. The number of rotatable bonds is 12. The Kier molecular flexibility index (Phi) is 15.9. The van der Waals surface area contributed by atoms with Gasteiger partial charge in [0.1, 0.15) is 0 Å². The number of hydrogen-bond donors (Lipinski definition) is 1. The van der Waals surface area contributed by atoms with E-state index in [4.69, 9.17) is 14.6 Å². The minimum absolute atomic E-state index is 0.0129. The van der Waals surface area contributed by atoms with Crippen LogP contribution < -0.4 is 0 Å². The summed E-state index contributed by atoms with van der Waals surface area (Å²) < 4.78 is 9.59. The predicted octanol–water partition coefficient (Wildman–Crippen LogP) is 3.23. The van der Waals surface area contributed by atoms with Crippen molar-refractivity contribution in [2.24, 2.45) is 0 Å². The molecule has 0 heterocycles. The monoisotopic (exact) mass is 370 g/mol. The van der Waals surface area contributed by atoms with Crippen molar-refractivity contribution in [3.8, 4) is 0 Å². The maximum atomic E-state index is 11.0. The first-order valence-electron chi connectivity index (χ1n) is 8.56. The van der Waals surface area contributed by atoms with Gasteiger partial charge in [0.05, 0.1) is 26.1 Å². The average Bonchev–Trinajstić information content (AvgIpc) is 2.55. The number of ether oxygens (including phenoxy) is 2. The van der Waals surface area contributed by atoms with Gasteiger partial charge in [0.2, 0.25) is 0 Å². The second-order valence-corrected chi connectivity index (χ2v) is 5.57. The standard InChI is InChI=1S/C10H16O3.C9H14O4/c1-4-5-6-13-10(12)7-8(2)9(3)11;1-3-4-5-13-8(10)6-7(2)9(11)12/h2,4-7H2,1,3H3;2-6H2,1H3,(H,11,12). The van der Waals surface area contributed by atoms with Crippen LogP contribution >= 0.6 is 0 Å². The Balaban J connectivity index is 0. The molecule has 7 nitrogen and oxygen atoms in total. The molecule has 0 unspecified atom stereocenters. The quantitative estimate of drug-likeness (QED) is 0.319. The molecule has 0 fully saturated rings. The van der Waals surface area contributed by atoms with Gasteiger partial charge in [-0.1, -0.05) is 39.8 Å². The molecule has 0 radical (unpaired) electrons. The van der Waals surface area contributed by atoms with Crippen LogP contribution in [-0.2, 0) is 28.7 Å². The van der Waals surface area contributed by atoms with Crippen LogP contribution in [0.5, 0.6) is 0 Å². The van der Waals surface area contributed by atoms with Crippen LogP contribution in [0.4, 0.5) is 0 Å². The summed E-state index contributed by atoms with van der Waals surface area (Å²) in [6.07, 6.45) is 3.36. The van der Waals surface area contributed by atoms with E-state index in [1.165, 1.54) is 6.92 Å². The lowest BCUT2D eigenvalue weighted by molar-refractivity contribution is -0.145. The molecule has 26 heavy (non-hydrogen) atoms.